The summed E-state index contributed by atoms with van der Waals surface area (Å²) in [4.78, 5) is 0. The van der Waals surface area contributed by atoms with Crippen LogP contribution in [0.5, 0.6) is 0 Å². The Kier molecular flexibility index (Phi) is 9.49. The van der Waals surface area contributed by atoms with Gasteiger partial charge in [-0.2, -0.15) is 0 Å². The summed E-state index contributed by atoms with van der Waals surface area (Å²) >= 11 is 0. The second kappa shape index (κ2) is 10.6. The van der Waals surface area contributed by atoms with E-state index in [1.54, 1.807) is 0 Å². The third-order valence-electron chi connectivity index (χ3n) is 4.82. The second-order valence-electron chi connectivity index (χ2n) is 6.41. The van der Waals surface area contributed by atoms with Gasteiger partial charge in [0.25, 0.3) is 0 Å². The van der Waals surface area contributed by atoms with Crippen LogP contribution in [0.1, 0.15) is 65.7 Å². The van der Waals surface area contributed by atoms with Gasteiger partial charge in [0, 0.05) is 19.2 Å². The first-order valence-corrected chi connectivity index (χ1v) is 8.68. The van der Waals surface area contributed by atoms with Crippen LogP contribution in [0.25, 0.3) is 0 Å². The smallest absolute Gasteiger partial charge is 0.0897 e. The van der Waals surface area contributed by atoms with Crippen LogP contribution in [-0.2, 0) is 4.74 Å². The number of hydrogen-bond donors (Lipinski definition) is 2. The van der Waals surface area contributed by atoms with Crippen molar-refractivity contribution in [3.8, 4) is 0 Å². The molecule has 2 N–H and O–H groups in total. The molecule has 4 unspecified atom stereocenters. The van der Waals surface area contributed by atoms with Gasteiger partial charge in [0.05, 0.1) is 12.7 Å². The molecule has 20 heavy (non-hydrogen) atoms. The maximum Gasteiger partial charge on any atom is 0.0897 e. The second-order valence-corrected chi connectivity index (χ2v) is 6.41. The minimum atomic E-state index is -0.367. The van der Waals surface area contributed by atoms with Crippen LogP contribution in [-0.4, -0.2) is 37.0 Å². The van der Waals surface area contributed by atoms with Crippen LogP contribution in [0.2, 0.25) is 0 Å². The maximum absolute atomic E-state index is 9.93. The SMILES string of the molecule is CCCCCCOCC(O)CNC1CCC(CC)C1C. The van der Waals surface area contributed by atoms with Gasteiger partial charge in [0.1, 0.15) is 0 Å². The fraction of sp³-hybridized carbons (Fsp3) is 1.00. The van der Waals surface area contributed by atoms with Gasteiger partial charge in [-0.15, -0.1) is 0 Å². The molecule has 4 atom stereocenters. The molecule has 0 saturated heterocycles. The Morgan fingerprint density at radius 1 is 1.20 bits per heavy atom. The summed E-state index contributed by atoms with van der Waals surface area (Å²) in [6, 6.07) is 0.583. The van der Waals surface area contributed by atoms with Gasteiger partial charge in [-0.1, -0.05) is 46.5 Å². The van der Waals surface area contributed by atoms with E-state index in [0.717, 1.165) is 24.9 Å². The number of aliphatic hydroxyl groups excluding tert-OH is 1. The zero-order valence-corrected chi connectivity index (χ0v) is 13.7. The Morgan fingerprint density at radius 2 is 2.00 bits per heavy atom. The molecule has 0 aromatic heterocycles. The molecular weight excluding hydrogens is 250 g/mol. The molecule has 1 saturated carbocycles. The monoisotopic (exact) mass is 285 g/mol. The highest BCUT2D eigenvalue weighted by atomic mass is 16.5. The van der Waals surface area contributed by atoms with E-state index in [2.05, 4.69) is 26.1 Å². The molecular formula is C17H35NO2. The van der Waals surface area contributed by atoms with Crippen LogP contribution in [0, 0.1) is 11.8 Å². The lowest BCUT2D eigenvalue weighted by atomic mass is 9.93. The zero-order chi connectivity index (χ0) is 14.8. The predicted molar refractivity (Wildman–Crippen MR) is 84.9 cm³/mol. The summed E-state index contributed by atoms with van der Waals surface area (Å²) in [6.45, 7) is 8.76. The molecule has 1 aliphatic rings. The quantitative estimate of drug-likeness (QED) is 0.572. The molecule has 3 heteroatoms. The van der Waals surface area contributed by atoms with Gasteiger partial charge in [-0.25, -0.2) is 0 Å². The van der Waals surface area contributed by atoms with E-state index in [-0.39, 0.29) is 6.10 Å². The molecule has 0 radical (unpaired) electrons. The molecule has 0 aromatic rings. The third-order valence-corrected chi connectivity index (χ3v) is 4.82. The predicted octanol–water partition coefficient (Wildman–Crippen LogP) is 3.36. The van der Waals surface area contributed by atoms with E-state index in [9.17, 15) is 5.11 Å². The van der Waals surface area contributed by atoms with E-state index < -0.39 is 0 Å². The molecule has 0 spiro atoms. The van der Waals surface area contributed by atoms with Crippen molar-refractivity contribution in [1.29, 1.82) is 0 Å². The molecule has 0 bridgehead atoms. The van der Waals surface area contributed by atoms with Crippen molar-refractivity contribution >= 4 is 0 Å². The van der Waals surface area contributed by atoms with Crippen LogP contribution in [0.3, 0.4) is 0 Å². The average Bonchev–Trinajstić information content (AvgIpc) is 2.81. The largest absolute Gasteiger partial charge is 0.389 e. The zero-order valence-electron chi connectivity index (χ0n) is 13.7. The first-order valence-electron chi connectivity index (χ1n) is 8.68. The van der Waals surface area contributed by atoms with Crippen molar-refractivity contribution in [3.05, 3.63) is 0 Å². The number of aliphatic hydroxyl groups is 1. The summed E-state index contributed by atoms with van der Waals surface area (Å²) in [5.41, 5.74) is 0. The number of hydrogen-bond acceptors (Lipinski definition) is 3. The summed E-state index contributed by atoms with van der Waals surface area (Å²) in [5, 5.41) is 13.5. The van der Waals surface area contributed by atoms with Crippen molar-refractivity contribution in [1.82, 2.24) is 5.32 Å². The summed E-state index contributed by atoms with van der Waals surface area (Å²) in [7, 11) is 0. The Labute approximate surface area is 125 Å². The first kappa shape index (κ1) is 17.9. The minimum Gasteiger partial charge on any atom is -0.389 e. The Morgan fingerprint density at radius 3 is 2.65 bits per heavy atom. The molecule has 120 valence electrons. The Balaban J connectivity index is 2.01. The highest BCUT2D eigenvalue weighted by Crippen LogP contribution is 2.33. The topological polar surface area (TPSA) is 41.5 Å². The van der Waals surface area contributed by atoms with Crippen molar-refractivity contribution < 1.29 is 9.84 Å². The van der Waals surface area contributed by atoms with E-state index in [1.807, 2.05) is 0 Å². The van der Waals surface area contributed by atoms with Gasteiger partial charge >= 0.3 is 0 Å². The number of nitrogens with one attached hydrogen (secondary N) is 1. The van der Waals surface area contributed by atoms with E-state index in [4.69, 9.17) is 4.74 Å². The van der Waals surface area contributed by atoms with Crippen molar-refractivity contribution in [3.63, 3.8) is 0 Å². The van der Waals surface area contributed by atoms with Crippen molar-refractivity contribution in [2.45, 2.75) is 77.9 Å². The summed E-state index contributed by atoms with van der Waals surface area (Å²) in [5.74, 6) is 1.60. The van der Waals surface area contributed by atoms with Gasteiger partial charge in [-0.3, -0.25) is 0 Å². The molecule has 0 heterocycles. The van der Waals surface area contributed by atoms with Crippen LogP contribution in [0.15, 0.2) is 0 Å². The molecule has 3 nitrogen and oxygen atoms in total. The number of rotatable bonds is 11. The minimum absolute atomic E-state index is 0.367. The van der Waals surface area contributed by atoms with Crippen LogP contribution >= 0.6 is 0 Å². The highest BCUT2D eigenvalue weighted by molar-refractivity contribution is 4.86. The number of unbranched alkanes of at least 4 members (excludes halogenated alkanes) is 3. The normalized spacial score (nSPS) is 27.9. The standard InChI is InChI=1S/C17H35NO2/c1-4-6-7-8-11-20-13-16(19)12-18-17-10-9-15(5-2)14(17)3/h14-19H,4-13H2,1-3H3. The molecule has 1 rings (SSSR count). The Bertz CT molecular complexity index is 235. The highest BCUT2D eigenvalue weighted by Gasteiger charge is 2.31. The van der Waals surface area contributed by atoms with Gasteiger partial charge in [-0.05, 0) is 31.1 Å². The third kappa shape index (κ3) is 6.55. The fourth-order valence-electron chi connectivity index (χ4n) is 3.31. The van der Waals surface area contributed by atoms with Crippen LogP contribution < -0.4 is 5.32 Å². The van der Waals surface area contributed by atoms with Gasteiger partial charge in [0.2, 0.25) is 0 Å². The average molecular weight is 285 g/mol. The van der Waals surface area contributed by atoms with Crippen molar-refractivity contribution in [2.75, 3.05) is 19.8 Å². The molecule has 0 amide bonds. The molecule has 1 fully saturated rings. The van der Waals surface area contributed by atoms with Crippen molar-refractivity contribution in [2.24, 2.45) is 11.8 Å². The van der Waals surface area contributed by atoms with Gasteiger partial charge in [0.15, 0.2) is 0 Å². The Hall–Kier alpha value is -0.120. The first-order chi connectivity index (χ1) is 9.69. The molecule has 0 aromatic carbocycles. The fourth-order valence-corrected chi connectivity index (χ4v) is 3.31. The lowest BCUT2D eigenvalue weighted by Crippen LogP contribution is -2.39. The van der Waals surface area contributed by atoms with E-state index in [0.29, 0.717) is 19.2 Å². The van der Waals surface area contributed by atoms with Gasteiger partial charge < -0.3 is 15.2 Å². The van der Waals surface area contributed by atoms with Crippen LogP contribution in [0.4, 0.5) is 0 Å². The van der Waals surface area contributed by atoms with E-state index >= 15 is 0 Å². The summed E-state index contributed by atoms with van der Waals surface area (Å²) < 4.78 is 5.54. The molecule has 1 aliphatic carbocycles. The molecule has 0 aliphatic heterocycles. The maximum atomic E-state index is 9.93. The summed E-state index contributed by atoms with van der Waals surface area (Å²) in [6.07, 6.45) is 8.39. The van der Waals surface area contributed by atoms with E-state index in [1.165, 1.54) is 38.5 Å². The number of ether oxygens (including phenoxy) is 1. The lowest BCUT2D eigenvalue weighted by Gasteiger charge is -2.22. The lowest BCUT2D eigenvalue weighted by molar-refractivity contribution is 0.0334.